The molecule has 0 fully saturated rings. The third kappa shape index (κ3) is 5.04. The molecule has 0 aliphatic rings. The molecule has 1 heterocycles. The maximum Gasteiger partial charge on any atom is 0.251 e. The molecule has 25 heavy (non-hydrogen) atoms. The maximum atomic E-state index is 12.2. The van der Waals surface area contributed by atoms with Gasteiger partial charge in [0.25, 0.3) is 17.4 Å². The van der Waals surface area contributed by atoms with E-state index in [4.69, 9.17) is 0 Å². The van der Waals surface area contributed by atoms with Gasteiger partial charge in [-0.05, 0) is 44.0 Å². The molecular formula is C19H23N3O3. The molecule has 1 aromatic heterocycles. The predicted octanol–water partition coefficient (Wildman–Crippen LogP) is 1.73. The smallest absolute Gasteiger partial charge is 0.251 e. The van der Waals surface area contributed by atoms with Crippen molar-refractivity contribution in [2.24, 2.45) is 0 Å². The second kappa shape index (κ2) is 8.82. The van der Waals surface area contributed by atoms with Crippen molar-refractivity contribution in [3.8, 4) is 0 Å². The molecule has 2 N–H and O–H groups in total. The lowest BCUT2D eigenvalue weighted by Gasteiger charge is -2.10. The van der Waals surface area contributed by atoms with E-state index in [1.165, 1.54) is 0 Å². The van der Waals surface area contributed by atoms with Gasteiger partial charge in [-0.3, -0.25) is 14.4 Å². The van der Waals surface area contributed by atoms with Gasteiger partial charge in [0.1, 0.15) is 0 Å². The normalized spacial score (nSPS) is 10.3. The van der Waals surface area contributed by atoms with Crippen LogP contribution in [0.25, 0.3) is 0 Å². The number of carbonyl (C=O) groups excluding carboxylic acids is 2. The van der Waals surface area contributed by atoms with Gasteiger partial charge in [0.15, 0.2) is 0 Å². The zero-order valence-electron chi connectivity index (χ0n) is 14.5. The average Bonchev–Trinajstić information content (AvgIpc) is 2.62. The van der Waals surface area contributed by atoms with Crippen molar-refractivity contribution in [3.63, 3.8) is 0 Å². The number of hydrogen-bond acceptors (Lipinski definition) is 3. The molecule has 0 bridgehead atoms. The Labute approximate surface area is 146 Å². The lowest BCUT2D eigenvalue weighted by molar-refractivity contribution is 0.0953. The Morgan fingerprint density at radius 1 is 1.00 bits per heavy atom. The Hall–Kier alpha value is -2.89. The quantitative estimate of drug-likeness (QED) is 0.753. The van der Waals surface area contributed by atoms with Crippen LogP contribution in [0.15, 0.2) is 47.3 Å². The third-order valence-electron chi connectivity index (χ3n) is 3.98. The SMILES string of the molecule is CNC(=O)c1cccc(C(=O)NCCCCn2c(C)cccc2=O)c1. The van der Waals surface area contributed by atoms with Gasteiger partial charge >= 0.3 is 0 Å². The minimum absolute atomic E-state index is 0.00458. The lowest BCUT2D eigenvalue weighted by atomic mass is 10.1. The van der Waals surface area contributed by atoms with Gasteiger partial charge < -0.3 is 15.2 Å². The predicted molar refractivity (Wildman–Crippen MR) is 96.8 cm³/mol. The van der Waals surface area contributed by atoms with E-state index in [0.717, 1.165) is 18.5 Å². The zero-order valence-corrected chi connectivity index (χ0v) is 14.5. The maximum absolute atomic E-state index is 12.2. The Balaban J connectivity index is 1.81. The molecule has 2 rings (SSSR count). The van der Waals surface area contributed by atoms with Gasteiger partial charge in [0.05, 0.1) is 0 Å². The highest BCUT2D eigenvalue weighted by Crippen LogP contribution is 2.05. The van der Waals surface area contributed by atoms with Crippen LogP contribution in [-0.2, 0) is 6.54 Å². The van der Waals surface area contributed by atoms with Crippen molar-refractivity contribution in [3.05, 3.63) is 69.6 Å². The Morgan fingerprint density at radius 3 is 2.36 bits per heavy atom. The number of nitrogens with zero attached hydrogens (tertiary/aromatic N) is 1. The summed E-state index contributed by atoms with van der Waals surface area (Å²) in [4.78, 5) is 35.5. The Bertz CT molecular complexity index is 812. The van der Waals surface area contributed by atoms with E-state index in [2.05, 4.69) is 10.6 Å². The Kier molecular flexibility index (Phi) is 6.51. The van der Waals surface area contributed by atoms with Gasteiger partial charge in [-0.2, -0.15) is 0 Å². The topological polar surface area (TPSA) is 80.2 Å². The van der Waals surface area contributed by atoms with Crippen LogP contribution in [0.3, 0.4) is 0 Å². The molecular weight excluding hydrogens is 318 g/mol. The molecule has 6 heteroatoms. The van der Waals surface area contributed by atoms with Crippen molar-refractivity contribution in [2.45, 2.75) is 26.3 Å². The standard InChI is InChI=1S/C19H23N3O3/c1-14-7-5-10-17(23)22(14)12-4-3-11-21-19(25)16-9-6-8-15(13-16)18(24)20-2/h5-10,13H,3-4,11-12H2,1-2H3,(H,20,24)(H,21,25). The van der Waals surface area contributed by atoms with Gasteiger partial charge in [0.2, 0.25) is 0 Å². The first-order valence-corrected chi connectivity index (χ1v) is 8.29. The fourth-order valence-corrected chi connectivity index (χ4v) is 2.55. The van der Waals surface area contributed by atoms with Crippen molar-refractivity contribution in [1.82, 2.24) is 15.2 Å². The molecule has 0 saturated heterocycles. The molecule has 0 aliphatic heterocycles. The number of pyridine rings is 1. The first-order chi connectivity index (χ1) is 12.0. The summed E-state index contributed by atoms with van der Waals surface area (Å²) in [5.74, 6) is -0.433. The summed E-state index contributed by atoms with van der Waals surface area (Å²) in [6, 6.07) is 11.8. The first-order valence-electron chi connectivity index (χ1n) is 8.29. The largest absolute Gasteiger partial charge is 0.355 e. The highest BCUT2D eigenvalue weighted by molar-refractivity contribution is 5.99. The van der Waals surface area contributed by atoms with E-state index in [9.17, 15) is 14.4 Å². The number of amides is 2. The summed E-state index contributed by atoms with van der Waals surface area (Å²) in [5, 5.41) is 5.37. The van der Waals surface area contributed by atoms with E-state index in [0.29, 0.717) is 24.2 Å². The second-order valence-corrected chi connectivity index (χ2v) is 5.78. The summed E-state index contributed by atoms with van der Waals surface area (Å²) < 4.78 is 1.73. The van der Waals surface area contributed by atoms with Crippen LogP contribution in [0.5, 0.6) is 0 Å². The monoisotopic (exact) mass is 341 g/mol. The fraction of sp³-hybridized carbons (Fsp3) is 0.316. The number of benzene rings is 1. The van der Waals surface area contributed by atoms with Crippen LogP contribution >= 0.6 is 0 Å². The van der Waals surface area contributed by atoms with E-state index in [-0.39, 0.29) is 17.4 Å². The fourth-order valence-electron chi connectivity index (χ4n) is 2.55. The molecule has 0 unspecified atom stereocenters. The molecule has 0 saturated carbocycles. The molecule has 6 nitrogen and oxygen atoms in total. The zero-order chi connectivity index (χ0) is 18.2. The molecule has 0 atom stereocenters. The number of aryl methyl sites for hydroxylation is 1. The van der Waals surface area contributed by atoms with E-state index < -0.39 is 0 Å². The molecule has 132 valence electrons. The summed E-state index contributed by atoms with van der Waals surface area (Å²) in [5.41, 5.74) is 1.84. The number of hydrogen-bond donors (Lipinski definition) is 2. The van der Waals surface area contributed by atoms with Gasteiger partial charge in [-0.25, -0.2) is 0 Å². The molecule has 1 aromatic carbocycles. The van der Waals surface area contributed by atoms with E-state index in [1.54, 1.807) is 48.0 Å². The number of aromatic nitrogens is 1. The van der Waals surface area contributed by atoms with Crippen LogP contribution in [0.4, 0.5) is 0 Å². The molecule has 2 aromatic rings. The molecule has 2 amide bonds. The highest BCUT2D eigenvalue weighted by Gasteiger charge is 2.09. The molecule has 0 spiro atoms. The summed E-state index contributed by atoms with van der Waals surface area (Å²) >= 11 is 0. The number of rotatable bonds is 7. The van der Waals surface area contributed by atoms with Gasteiger partial charge in [-0.15, -0.1) is 0 Å². The first kappa shape index (κ1) is 18.4. The highest BCUT2D eigenvalue weighted by atomic mass is 16.2. The summed E-state index contributed by atoms with van der Waals surface area (Å²) in [7, 11) is 1.55. The van der Waals surface area contributed by atoms with Crippen LogP contribution in [0, 0.1) is 6.92 Å². The number of carbonyl (C=O) groups is 2. The lowest BCUT2D eigenvalue weighted by Crippen LogP contribution is -2.26. The van der Waals surface area contributed by atoms with Crippen molar-refractivity contribution < 1.29 is 9.59 Å². The van der Waals surface area contributed by atoms with Crippen LogP contribution in [0.2, 0.25) is 0 Å². The van der Waals surface area contributed by atoms with Crippen molar-refractivity contribution in [2.75, 3.05) is 13.6 Å². The van der Waals surface area contributed by atoms with Crippen LogP contribution in [0.1, 0.15) is 39.3 Å². The van der Waals surface area contributed by atoms with Crippen molar-refractivity contribution >= 4 is 11.8 Å². The minimum atomic E-state index is -0.224. The van der Waals surface area contributed by atoms with Gasteiger partial charge in [0, 0.05) is 43.0 Å². The van der Waals surface area contributed by atoms with Crippen LogP contribution in [-0.4, -0.2) is 30.0 Å². The van der Waals surface area contributed by atoms with Crippen molar-refractivity contribution in [1.29, 1.82) is 0 Å². The number of unbranched alkanes of at least 4 members (excludes halogenated alkanes) is 1. The minimum Gasteiger partial charge on any atom is -0.355 e. The average molecular weight is 341 g/mol. The molecule has 0 radical (unpaired) electrons. The van der Waals surface area contributed by atoms with E-state index in [1.807, 2.05) is 13.0 Å². The summed E-state index contributed by atoms with van der Waals surface area (Å²) in [6.45, 7) is 3.06. The van der Waals surface area contributed by atoms with Gasteiger partial charge in [-0.1, -0.05) is 12.1 Å². The third-order valence-corrected chi connectivity index (χ3v) is 3.98. The molecule has 0 aliphatic carbocycles. The Morgan fingerprint density at radius 2 is 1.68 bits per heavy atom. The number of nitrogens with one attached hydrogen (secondary N) is 2. The van der Waals surface area contributed by atoms with E-state index >= 15 is 0 Å². The second-order valence-electron chi connectivity index (χ2n) is 5.78. The summed E-state index contributed by atoms with van der Waals surface area (Å²) in [6.07, 6.45) is 1.56. The van der Waals surface area contributed by atoms with Crippen LogP contribution < -0.4 is 16.2 Å².